The molecule has 0 spiro atoms. The van der Waals surface area contributed by atoms with E-state index in [0.717, 1.165) is 0 Å². The second-order valence-corrected chi connectivity index (χ2v) is 1.71. The molecule has 0 fully saturated rings. The van der Waals surface area contributed by atoms with Gasteiger partial charge < -0.3 is 15.2 Å². The van der Waals surface area contributed by atoms with Gasteiger partial charge in [-0.05, 0) is 0 Å². The Kier molecular flexibility index (Phi) is 4.43. The number of hydrogen-bond donors (Lipinski definition) is 1. The minimum atomic E-state index is -1.20. The monoisotopic (exact) mass is 177 g/mol. The largest absolute Gasteiger partial charge is 0.457 e. The predicted octanol–water partition coefficient (Wildman–Crippen LogP) is 0.108. The zero-order chi connectivity index (χ0) is 9.56. The minimum Gasteiger partial charge on any atom is -0.457 e. The van der Waals surface area contributed by atoms with E-state index in [2.05, 4.69) is 21.8 Å². The minimum absolute atomic E-state index is 0.200. The van der Waals surface area contributed by atoms with Gasteiger partial charge >= 0.3 is 12.1 Å². The predicted molar refractivity (Wildman–Crippen MR) is 36.7 cm³/mol. The number of primary amides is 1. The van der Waals surface area contributed by atoms with Crippen LogP contribution >= 0.6 is 0 Å². The van der Waals surface area contributed by atoms with Crippen LogP contribution in [0.15, 0.2) is 12.4 Å². The molecule has 0 atom stereocenters. The first-order chi connectivity index (χ1) is 5.54. The maximum absolute atomic E-state index is 11.9. The Morgan fingerprint density at radius 1 is 1.33 bits per heavy atom. The van der Waals surface area contributed by atoms with E-state index in [-0.39, 0.29) is 13.2 Å². The van der Waals surface area contributed by atoms with Crippen LogP contribution in [0.2, 0.25) is 0 Å². The molecule has 0 aromatic rings. The Morgan fingerprint density at radius 2 is 1.83 bits per heavy atom. The van der Waals surface area contributed by atoms with Gasteiger partial charge in [0.15, 0.2) is 0 Å². The van der Waals surface area contributed by atoms with Crippen molar-refractivity contribution < 1.29 is 23.5 Å². The van der Waals surface area contributed by atoms with Crippen LogP contribution in [0.25, 0.3) is 0 Å². The van der Waals surface area contributed by atoms with Gasteiger partial charge in [-0.25, -0.2) is 9.59 Å². The molecule has 2 N–H and O–H groups in total. The van der Waals surface area contributed by atoms with Crippen molar-refractivity contribution in [2.24, 2.45) is 5.73 Å². The molecule has 1 amide bonds. The number of rotatable bonds is 4. The van der Waals surface area contributed by atoms with Crippen molar-refractivity contribution in [2.45, 2.75) is 0 Å². The van der Waals surface area contributed by atoms with Crippen molar-refractivity contribution >= 4 is 12.1 Å². The molecule has 0 aliphatic carbocycles. The number of ether oxygens (including phenoxy) is 2. The van der Waals surface area contributed by atoms with E-state index in [1.807, 2.05) is 0 Å². The fourth-order valence-corrected chi connectivity index (χ4v) is 0.355. The summed E-state index contributed by atoms with van der Waals surface area (Å²) in [6.45, 7) is 2.25. The number of nitrogens with two attached hydrogens (primary N) is 1. The summed E-state index contributed by atoms with van der Waals surface area (Å²) >= 11 is 0. The highest BCUT2D eigenvalue weighted by atomic mass is 19.1. The average Bonchev–Trinajstić information content (AvgIpc) is 1.97. The lowest BCUT2D eigenvalue weighted by Gasteiger charge is -2.01. The lowest BCUT2D eigenvalue weighted by molar-refractivity contribution is -0.141. The third-order valence-corrected chi connectivity index (χ3v) is 0.782. The van der Waals surface area contributed by atoms with Crippen molar-refractivity contribution in [3.8, 4) is 0 Å². The van der Waals surface area contributed by atoms with Gasteiger partial charge in [-0.2, -0.15) is 4.39 Å². The van der Waals surface area contributed by atoms with Crippen LogP contribution in [-0.2, 0) is 14.3 Å². The average molecular weight is 177 g/mol. The van der Waals surface area contributed by atoms with Crippen LogP contribution in [0.4, 0.5) is 9.18 Å². The van der Waals surface area contributed by atoms with E-state index in [0.29, 0.717) is 0 Å². The van der Waals surface area contributed by atoms with E-state index < -0.39 is 17.9 Å². The Labute approximate surface area is 67.9 Å². The number of hydrogen-bond acceptors (Lipinski definition) is 4. The SMILES string of the molecule is C=C(F)C(=O)OCCOC(N)=O. The molecule has 0 radical (unpaired) electrons. The van der Waals surface area contributed by atoms with Crippen LogP contribution in [0.3, 0.4) is 0 Å². The standard InChI is InChI=1S/C6H8FNO4/c1-4(7)5(9)11-2-3-12-6(8)10/h1-3H2,(H2,8,10). The van der Waals surface area contributed by atoms with Gasteiger partial charge in [-0.1, -0.05) is 6.58 Å². The second-order valence-electron chi connectivity index (χ2n) is 1.71. The van der Waals surface area contributed by atoms with Crippen molar-refractivity contribution in [1.82, 2.24) is 0 Å². The first-order valence-electron chi connectivity index (χ1n) is 2.98. The lowest BCUT2D eigenvalue weighted by Crippen LogP contribution is -2.18. The quantitative estimate of drug-likeness (QED) is 0.375. The molecule has 0 saturated carbocycles. The van der Waals surface area contributed by atoms with Crippen LogP contribution in [-0.4, -0.2) is 25.3 Å². The van der Waals surface area contributed by atoms with Gasteiger partial charge in [0, 0.05) is 0 Å². The van der Waals surface area contributed by atoms with Crippen LogP contribution < -0.4 is 5.73 Å². The van der Waals surface area contributed by atoms with Gasteiger partial charge in [0.1, 0.15) is 13.2 Å². The van der Waals surface area contributed by atoms with E-state index >= 15 is 0 Å². The highest BCUT2D eigenvalue weighted by molar-refractivity contribution is 5.85. The van der Waals surface area contributed by atoms with Crippen LogP contribution in [0, 0.1) is 0 Å². The molecule has 0 saturated heterocycles. The van der Waals surface area contributed by atoms with Gasteiger partial charge in [-0.3, -0.25) is 0 Å². The molecule has 0 bridgehead atoms. The number of carbonyl (C=O) groups excluding carboxylic acids is 2. The van der Waals surface area contributed by atoms with Crippen molar-refractivity contribution in [3.63, 3.8) is 0 Å². The Morgan fingerprint density at radius 3 is 2.25 bits per heavy atom. The third-order valence-electron chi connectivity index (χ3n) is 0.782. The van der Waals surface area contributed by atoms with Crippen molar-refractivity contribution in [3.05, 3.63) is 12.4 Å². The molecular formula is C6H8FNO4. The molecule has 68 valence electrons. The molecule has 6 heteroatoms. The maximum atomic E-state index is 11.9. The zero-order valence-electron chi connectivity index (χ0n) is 6.21. The first kappa shape index (κ1) is 10.4. The van der Waals surface area contributed by atoms with E-state index in [1.54, 1.807) is 0 Å². The third kappa shape index (κ3) is 5.21. The molecule has 0 aliphatic heterocycles. The molecule has 0 heterocycles. The summed E-state index contributed by atoms with van der Waals surface area (Å²) < 4.78 is 20.3. The molecule has 0 aliphatic rings. The van der Waals surface area contributed by atoms with E-state index in [1.165, 1.54) is 0 Å². The second kappa shape index (κ2) is 5.11. The summed E-state index contributed by atoms with van der Waals surface area (Å²) in [5.74, 6) is -2.38. The molecule has 0 aromatic carbocycles. The summed E-state index contributed by atoms with van der Waals surface area (Å²) in [4.78, 5) is 20.3. The molecule has 0 unspecified atom stereocenters. The van der Waals surface area contributed by atoms with E-state index in [9.17, 15) is 14.0 Å². The van der Waals surface area contributed by atoms with Gasteiger partial charge in [0.2, 0.25) is 5.83 Å². The number of halogens is 1. The molecule has 5 nitrogen and oxygen atoms in total. The normalized spacial score (nSPS) is 8.75. The fourth-order valence-electron chi connectivity index (χ4n) is 0.355. The zero-order valence-corrected chi connectivity index (χ0v) is 6.21. The lowest BCUT2D eigenvalue weighted by atomic mass is 10.6. The number of amides is 1. The number of carbonyl (C=O) groups is 2. The maximum Gasteiger partial charge on any atom is 0.404 e. The topological polar surface area (TPSA) is 78.6 Å². The summed E-state index contributed by atoms with van der Waals surface area (Å²) in [6, 6.07) is 0. The Balaban J connectivity index is 3.38. The van der Waals surface area contributed by atoms with Crippen LogP contribution in [0.5, 0.6) is 0 Å². The molecule has 0 rings (SSSR count). The summed E-state index contributed by atoms with van der Waals surface area (Å²) in [5, 5.41) is 0. The fraction of sp³-hybridized carbons (Fsp3) is 0.333. The Bertz CT molecular complexity index is 204. The smallest absolute Gasteiger partial charge is 0.404 e. The van der Waals surface area contributed by atoms with Gasteiger partial charge in [-0.15, -0.1) is 0 Å². The van der Waals surface area contributed by atoms with Crippen molar-refractivity contribution in [1.29, 1.82) is 0 Å². The summed E-state index contributed by atoms with van der Waals surface area (Å²) in [5.41, 5.74) is 4.58. The van der Waals surface area contributed by atoms with Crippen molar-refractivity contribution in [2.75, 3.05) is 13.2 Å². The molecular weight excluding hydrogens is 169 g/mol. The highest BCUT2D eigenvalue weighted by Crippen LogP contribution is 1.94. The summed E-state index contributed by atoms with van der Waals surface area (Å²) in [6.07, 6.45) is -0.981. The summed E-state index contributed by atoms with van der Waals surface area (Å²) in [7, 11) is 0. The highest BCUT2D eigenvalue weighted by Gasteiger charge is 2.06. The molecule has 0 aromatic heterocycles. The number of esters is 1. The van der Waals surface area contributed by atoms with Gasteiger partial charge in [0.25, 0.3) is 0 Å². The van der Waals surface area contributed by atoms with Crippen LogP contribution in [0.1, 0.15) is 0 Å². The molecule has 12 heavy (non-hydrogen) atoms. The van der Waals surface area contributed by atoms with Gasteiger partial charge in [0.05, 0.1) is 0 Å². The first-order valence-corrected chi connectivity index (χ1v) is 2.98. The van der Waals surface area contributed by atoms with E-state index in [4.69, 9.17) is 0 Å². The Hall–Kier alpha value is -1.59.